The number of nitrogens with zero attached hydrogens (tertiary/aromatic N) is 2. The van der Waals surface area contributed by atoms with Crippen LogP contribution >= 0.6 is 22.7 Å². The average Bonchev–Trinajstić information content (AvgIpc) is 3.32. The summed E-state index contributed by atoms with van der Waals surface area (Å²) in [5, 5.41) is 2.29. The minimum Gasteiger partial charge on any atom is -0.467 e. The van der Waals surface area contributed by atoms with Crippen LogP contribution in [0.25, 0.3) is 10.2 Å². The maximum Gasteiger partial charge on any atom is 0.270 e. The zero-order valence-corrected chi connectivity index (χ0v) is 13.9. The second-order valence-electron chi connectivity index (χ2n) is 5.03. The van der Waals surface area contributed by atoms with Crippen molar-refractivity contribution >= 4 is 43.9 Å². The van der Waals surface area contributed by atoms with Crippen molar-refractivity contribution in [2.24, 2.45) is 0 Å². The van der Waals surface area contributed by atoms with Crippen LogP contribution in [0.1, 0.15) is 15.4 Å². The topological polar surface area (TPSA) is 46.3 Å². The normalized spacial score (nSPS) is 11.0. The lowest BCUT2D eigenvalue weighted by atomic mass is 10.3. The van der Waals surface area contributed by atoms with Gasteiger partial charge in [-0.2, -0.15) is 0 Å². The largest absolute Gasteiger partial charge is 0.467 e. The third-order valence-electron chi connectivity index (χ3n) is 3.46. The van der Waals surface area contributed by atoms with Crippen molar-refractivity contribution in [1.82, 2.24) is 4.98 Å². The van der Waals surface area contributed by atoms with Gasteiger partial charge in [0.15, 0.2) is 5.13 Å². The second kappa shape index (κ2) is 6.18. The molecule has 7 heteroatoms. The van der Waals surface area contributed by atoms with Crippen molar-refractivity contribution in [2.75, 3.05) is 4.90 Å². The molecule has 1 aromatic carbocycles. The zero-order chi connectivity index (χ0) is 16.5. The fourth-order valence-corrected chi connectivity index (χ4v) is 3.99. The van der Waals surface area contributed by atoms with Crippen molar-refractivity contribution in [3.05, 3.63) is 70.6 Å². The van der Waals surface area contributed by atoms with Crippen molar-refractivity contribution < 1.29 is 13.6 Å². The summed E-state index contributed by atoms with van der Waals surface area (Å²) in [7, 11) is 0. The summed E-state index contributed by atoms with van der Waals surface area (Å²) in [6.07, 6.45) is 1.56. The Balaban J connectivity index is 1.78. The van der Waals surface area contributed by atoms with Gasteiger partial charge in [0.2, 0.25) is 0 Å². The lowest BCUT2D eigenvalue weighted by Gasteiger charge is -2.17. The number of amides is 1. The molecule has 120 valence electrons. The summed E-state index contributed by atoms with van der Waals surface area (Å²) in [5.41, 5.74) is 0.279. The maximum atomic E-state index is 13.9. The number of thiazole rings is 1. The Morgan fingerprint density at radius 2 is 2.12 bits per heavy atom. The van der Waals surface area contributed by atoms with E-state index in [2.05, 4.69) is 4.98 Å². The summed E-state index contributed by atoms with van der Waals surface area (Å²) >= 11 is 2.64. The van der Waals surface area contributed by atoms with E-state index >= 15 is 0 Å². The number of thiophene rings is 1. The van der Waals surface area contributed by atoms with Crippen LogP contribution in [-0.2, 0) is 6.54 Å². The van der Waals surface area contributed by atoms with Crippen LogP contribution in [0.4, 0.5) is 9.52 Å². The molecular formula is C17H11FN2O2S2. The van der Waals surface area contributed by atoms with Crippen molar-refractivity contribution in [3.63, 3.8) is 0 Å². The van der Waals surface area contributed by atoms with E-state index in [0.29, 0.717) is 20.5 Å². The number of anilines is 1. The fraction of sp³-hybridized carbons (Fsp3) is 0.0588. The highest BCUT2D eigenvalue weighted by Crippen LogP contribution is 2.32. The van der Waals surface area contributed by atoms with Gasteiger partial charge in [-0.15, -0.1) is 11.3 Å². The smallest absolute Gasteiger partial charge is 0.270 e. The summed E-state index contributed by atoms with van der Waals surface area (Å²) in [6, 6.07) is 11.9. The molecule has 4 rings (SSSR count). The summed E-state index contributed by atoms with van der Waals surface area (Å²) in [5.74, 6) is 0.0667. The van der Waals surface area contributed by atoms with Gasteiger partial charge in [0, 0.05) is 0 Å². The van der Waals surface area contributed by atoms with Gasteiger partial charge >= 0.3 is 0 Å². The van der Waals surface area contributed by atoms with Crippen molar-refractivity contribution in [3.8, 4) is 0 Å². The van der Waals surface area contributed by atoms with Gasteiger partial charge in [0.1, 0.15) is 17.1 Å². The van der Waals surface area contributed by atoms with Gasteiger partial charge in [-0.1, -0.05) is 23.5 Å². The standard InChI is InChI=1S/C17H11FN2O2S2/c18-12-5-1-6-13-15(12)19-17(24-13)20(10-11-4-2-8-22-11)16(21)14-7-3-9-23-14/h1-9H,10H2. The van der Waals surface area contributed by atoms with Crippen LogP contribution in [0.2, 0.25) is 0 Å². The first kappa shape index (κ1) is 15.0. The van der Waals surface area contributed by atoms with E-state index in [1.807, 2.05) is 11.4 Å². The molecule has 0 bridgehead atoms. The Labute approximate surface area is 144 Å². The Morgan fingerprint density at radius 1 is 1.21 bits per heavy atom. The quantitative estimate of drug-likeness (QED) is 0.519. The fourth-order valence-electron chi connectivity index (χ4n) is 2.34. The number of benzene rings is 1. The average molecular weight is 358 g/mol. The monoisotopic (exact) mass is 358 g/mol. The van der Waals surface area contributed by atoms with E-state index in [-0.39, 0.29) is 18.0 Å². The molecule has 1 amide bonds. The first-order chi connectivity index (χ1) is 11.7. The minimum absolute atomic E-state index is 0.180. The Bertz CT molecular complexity index is 978. The number of hydrogen-bond donors (Lipinski definition) is 0. The van der Waals surface area contributed by atoms with Crippen molar-refractivity contribution in [1.29, 1.82) is 0 Å². The minimum atomic E-state index is -0.392. The lowest BCUT2D eigenvalue weighted by molar-refractivity contribution is 0.0987. The molecule has 0 aliphatic rings. The molecule has 0 atom stereocenters. The summed E-state index contributed by atoms with van der Waals surface area (Å²) < 4.78 is 20.0. The number of fused-ring (bicyclic) bond motifs is 1. The highest BCUT2D eigenvalue weighted by atomic mass is 32.1. The van der Waals surface area contributed by atoms with E-state index in [4.69, 9.17) is 4.42 Å². The molecular weight excluding hydrogens is 347 g/mol. The molecule has 0 saturated heterocycles. The van der Waals surface area contributed by atoms with Gasteiger partial charge in [0.25, 0.3) is 5.91 Å². The van der Waals surface area contributed by atoms with Crippen LogP contribution in [0.5, 0.6) is 0 Å². The van der Waals surface area contributed by atoms with E-state index in [1.165, 1.54) is 33.6 Å². The molecule has 0 aliphatic heterocycles. The molecule has 4 nitrogen and oxygen atoms in total. The molecule has 0 N–H and O–H groups in total. The van der Waals surface area contributed by atoms with Crippen molar-refractivity contribution in [2.45, 2.75) is 6.54 Å². The number of carbonyl (C=O) groups excluding carboxylic acids is 1. The first-order valence-corrected chi connectivity index (χ1v) is 8.85. The molecule has 4 aromatic rings. The van der Waals surface area contributed by atoms with Crippen LogP contribution in [-0.4, -0.2) is 10.9 Å². The number of hydrogen-bond acceptors (Lipinski definition) is 5. The maximum absolute atomic E-state index is 13.9. The number of rotatable bonds is 4. The first-order valence-electron chi connectivity index (χ1n) is 7.15. The van der Waals surface area contributed by atoms with Gasteiger partial charge in [0.05, 0.1) is 22.4 Å². The van der Waals surface area contributed by atoms with E-state index in [0.717, 1.165) is 0 Å². The number of halogens is 1. The molecule has 24 heavy (non-hydrogen) atoms. The van der Waals surface area contributed by atoms with Crippen LogP contribution < -0.4 is 4.90 Å². The van der Waals surface area contributed by atoms with Gasteiger partial charge < -0.3 is 4.42 Å². The van der Waals surface area contributed by atoms with Crippen LogP contribution in [0.3, 0.4) is 0 Å². The van der Waals surface area contributed by atoms with Gasteiger partial charge in [-0.05, 0) is 35.7 Å². The van der Waals surface area contributed by atoms with E-state index in [9.17, 15) is 9.18 Å². The predicted molar refractivity (Wildman–Crippen MR) is 93.1 cm³/mol. The third-order valence-corrected chi connectivity index (χ3v) is 5.36. The van der Waals surface area contributed by atoms with Gasteiger partial charge in [-0.3, -0.25) is 9.69 Å². The van der Waals surface area contributed by atoms with E-state index in [1.54, 1.807) is 36.6 Å². The Morgan fingerprint density at radius 3 is 2.83 bits per heavy atom. The molecule has 3 heterocycles. The Kier molecular flexibility index (Phi) is 3.87. The van der Waals surface area contributed by atoms with Gasteiger partial charge in [-0.25, -0.2) is 9.37 Å². The number of furan rings is 1. The second-order valence-corrected chi connectivity index (χ2v) is 6.99. The number of para-hydroxylation sites is 1. The summed E-state index contributed by atoms with van der Waals surface area (Å²) in [6.45, 7) is 0.241. The SMILES string of the molecule is O=C(c1cccs1)N(Cc1ccco1)c1nc2c(F)cccc2s1. The molecule has 0 radical (unpaired) electrons. The molecule has 0 saturated carbocycles. The van der Waals surface area contributed by atoms with Crippen LogP contribution in [0, 0.1) is 5.82 Å². The molecule has 0 spiro atoms. The number of aromatic nitrogens is 1. The molecule has 3 aromatic heterocycles. The highest BCUT2D eigenvalue weighted by molar-refractivity contribution is 7.22. The molecule has 0 unspecified atom stereocenters. The highest BCUT2D eigenvalue weighted by Gasteiger charge is 2.24. The Hall–Kier alpha value is -2.51. The molecule has 0 aliphatic carbocycles. The van der Waals surface area contributed by atoms with Crippen LogP contribution in [0.15, 0.2) is 58.5 Å². The predicted octanol–water partition coefficient (Wildman–Crippen LogP) is 4.94. The summed E-state index contributed by atoms with van der Waals surface area (Å²) in [4.78, 5) is 19.3. The number of carbonyl (C=O) groups is 1. The third kappa shape index (κ3) is 2.72. The van der Waals surface area contributed by atoms with E-state index < -0.39 is 5.82 Å². The zero-order valence-electron chi connectivity index (χ0n) is 12.3. The lowest BCUT2D eigenvalue weighted by Crippen LogP contribution is -2.29. The molecule has 0 fully saturated rings.